The van der Waals surface area contributed by atoms with E-state index in [1.54, 1.807) is 19.3 Å². The summed E-state index contributed by atoms with van der Waals surface area (Å²) in [6.45, 7) is 0. The van der Waals surface area contributed by atoms with Crippen molar-refractivity contribution < 1.29 is 8.42 Å². The molecule has 0 unspecified atom stereocenters. The third-order valence-electron chi connectivity index (χ3n) is 3.11. The highest BCUT2D eigenvalue weighted by molar-refractivity contribution is 7.93. The number of aryl methyl sites for hydroxylation is 2. The van der Waals surface area contributed by atoms with E-state index in [2.05, 4.69) is 20.0 Å². The Hall–Kier alpha value is -1.67. The minimum atomic E-state index is -3.67. The zero-order chi connectivity index (χ0) is 14.2. The quantitative estimate of drug-likeness (QED) is 0.900. The second kappa shape index (κ2) is 5.02. The average molecular weight is 310 g/mol. The maximum absolute atomic E-state index is 12.4. The number of hydrogen-bond donors (Lipinski definition) is 2. The maximum atomic E-state index is 12.4. The van der Waals surface area contributed by atoms with Crippen LogP contribution in [0.1, 0.15) is 17.0 Å². The largest absolute Gasteiger partial charge is 0.372 e. The Morgan fingerprint density at radius 2 is 2.20 bits per heavy atom. The first-order chi connectivity index (χ1) is 9.60. The predicted molar refractivity (Wildman–Crippen MR) is 78.7 cm³/mol. The molecule has 2 heterocycles. The summed E-state index contributed by atoms with van der Waals surface area (Å²) < 4.78 is 27.3. The summed E-state index contributed by atoms with van der Waals surface area (Å²) in [6, 6.07) is 3.11. The number of nitrogens with one attached hydrogen (secondary N) is 2. The molecule has 1 aliphatic rings. The Kier molecular flexibility index (Phi) is 3.35. The first kappa shape index (κ1) is 13.3. The molecule has 0 saturated carbocycles. The van der Waals surface area contributed by atoms with Crippen molar-refractivity contribution in [2.75, 3.05) is 17.1 Å². The summed E-state index contributed by atoms with van der Waals surface area (Å²) in [7, 11) is -2.03. The molecule has 0 radical (unpaired) electrons. The molecule has 0 fully saturated rings. The number of sulfonamides is 1. The van der Waals surface area contributed by atoms with Crippen molar-refractivity contribution in [2.24, 2.45) is 0 Å². The smallest absolute Gasteiger partial charge is 0.267 e. The van der Waals surface area contributed by atoms with Crippen molar-refractivity contribution in [2.45, 2.75) is 24.2 Å². The van der Waals surface area contributed by atoms with Gasteiger partial charge >= 0.3 is 0 Å². The van der Waals surface area contributed by atoms with Crippen molar-refractivity contribution in [3.8, 4) is 0 Å². The summed E-state index contributed by atoms with van der Waals surface area (Å²) in [6.07, 6.45) is 4.57. The van der Waals surface area contributed by atoms with Gasteiger partial charge in [-0.1, -0.05) is 0 Å². The third kappa shape index (κ3) is 2.36. The Labute approximate surface area is 121 Å². The van der Waals surface area contributed by atoms with Crippen LogP contribution in [0, 0.1) is 0 Å². The number of pyridine rings is 1. The Morgan fingerprint density at radius 1 is 1.35 bits per heavy atom. The first-order valence-corrected chi connectivity index (χ1v) is 8.54. The number of fused-ring (bicyclic) bond motifs is 1. The van der Waals surface area contributed by atoms with Crippen LogP contribution in [-0.2, 0) is 22.9 Å². The SMILES string of the molecule is CNc1ncccc1S(=O)(=O)Nc1nc2c(s1)CCC2. The van der Waals surface area contributed by atoms with Gasteiger partial charge in [0.2, 0.25) is 0 Å². The minimum Gasteiger partial charge on any atom is -0.372 e. The monoisotopic (exact) mass is 310 g/mol. The van der Waals surface area contributed by atoms with E-state index in [-0.39, 0.29) is 4.90 Å². The van der Waals surface area contributed by atoms with Crippen molar-refractivity contribution in [1.29, 1.82) is 0 Å². The predicted octanol–water partition coefficient (Wildman–Crippen LogP) is 1.87. The van der Waals surface area contributed by atoms with Crippen LogP contribution in [0.5, 0.6) is 0 Å². The molecule has 1 aliphatic carbocycles. The van der Waals surface area contributed by atoms with Gasteiger partial charge in [-0.25, -0.2) is 18.4 Å². The number of anilines is 2. The highest BCUT2D eigenvalue weighted by atomic mass is 32.2. The van der Waals surface area contributed by atoms with E-state index in [4.69, 9.17) is 0 Å². The molecule has 0 aromatic carbocycles. The summed E-state index contributed by atoms with van der Waals surface area (Å²) in [5.41, 5.74) is 1.02. The van der Waals surface area contributed by atoms with E-state index in [1.165, 1.54) is 22.3 Å². The molecule has 2 N–H and O–H groups in total. The molecule has 2 aromatic rings. The number of thiazole rings is 1. The van der Waals surface area contributed by atoms with Crippen molar-refractivity contribution in [3.05, 3.63) is 28.9 Å². The van der Waals surface area contributed by atoms with Crippen LogP contribution < -0.4 is 10.0 Å². The fourth-order valence-corrected chi connectivity index (χ4v) is 4.65. The van der Waals surface area contributed by atoms with Crippen LogP contribution in [0.4, 0.5) is 10.9 Å². The van der Waals surface area contributed by atoms with Crippen molar-refractivity contribution >= 4 is 32.3 Å². The summed E-state index contributed by atoms with van der Waals surface area (Å²) in [4.78, 5) is 9.66. The first-order valence-electron chi connectivity index (χ1n) is 6.24. The van der Waals surface area contributed by atoms with E-state index in [1.807, 2.05) is 0 Å². The minimum absolute atomic E-state index is 0.123. The highest BCUT2D eigenvalue weighted by Gasteiger charge is 2.23. The van der Waals surface area contributed by atoms with Gasteiger partial charge in [-0.05, 0) is 31.4 Å². The van der Waals surface area contributed by atoms with E-state index in [0.717, 1.165) is 25.0 Å². The van der Waals surface area contributed by atoms with Crippen molar-refractivity contribution in [3.63, 3.8) is 0 Å². The lowest BCUT2D eigenvalue weighted by molar-refractivity contribution is 0.601. The average Bonchev–Trinajstić information content (AvgIpc) is 2.99. The summed E-state index contributed by atoms with van der Waals surface area (Å²) in [5.74, 6) is 0.323. The lowest BCUT2D eigenvalue weighted by atomic mass is 10.4. The number of rotatable bonds is 4. The topological polar surface area (TPSA) is 84.0 Å². The van der Waals surface area contributed by atoms with E-state index in [9.17, 15) is 8.42 Å². The maximum Gasteiger partial charge on any atom is 0.267 e. The van der Waals surface area contributed by atoms with E-state index >= 15 is 0 Å². The molecule has 20 heavy (non-hydrogen) atoms. The number of hydrogen-bond acceptors (Lipinski definition) is 6. The van der Waals surface area contributed by atoms with E-state index in [0.29, 0.717) is 10.9 Å². The zero-order valence-electron chi connectivity index (χ0n) is 10.9. The summed E-state index contributed by atoms with van der Waals surface area (Å²) >= 11 is 1.41. The van der Waals surface area contributed by atoms with Crippen molar-refractivity contribution in [1.82, 2.24) is 9.97 Å². The number of nitrogens with zero attached hydrogens (tertiary/aromatic N) is 2. The van der Waals surface area contributed by atoms with Crippen LogP contribution in [0.15, 0.2) is 23.2 Å². The molecule has 0 spiro atoms. The van der Waals surface area contributed by atoms with Gasteiger partial charge in [0.05, 0.1) is 5.69 Å². The highest BCUT2D eigenvalue weighted by Crippen LogP contribution is 2.32. The molecular weight excluding hydrogens is 296 g/mol. The molecule has 8 heteroatoms. The van der Waals surface area contributed by atoms with Gasteiger partial charge in [0.1, 0.15) is 10.7 Å². The van der Waals surface area contributed by atoms with Gasteiger partial charge in [-0.15, -0.1) is 11.3 Å². The second-order valence-corrected chi connectivity index (χ2v) is 7.18. The Morgan fingerprint density at radius 3 is 2.95 bits per heavy atom. The van der Waals surface area contributed by atoms with Gasteiger partial charge in [0.25, 0.3) is 10.0 Å². The lowest BCUT2D eigenvalue weighted by Crippen LogP contribution is -2.15. The molecule has 0 saturated heterocycles. The molecule has 0 bridgehead atoms. The molecule has 106 valence electrons. The lowest BCUT2D eigenvalue weighted by Gasteiger charge is -2.09. The second-order valence-electron chi connectivity index (χ2n) is 4.45. The molecule has 0 amide bonds. The van der Waals surface area contributed by atoms with Crippen LogP contribution >= 0.6 is 11.3 Å². The normalized spacial score (nSPS) is 14.1. The van der Waals surface area contributed by atoms with Gasteiger partial charge in [-0.3, -0.25) is 4.72 Å². The Balaban J connectivity index is 1.92. The fraction of sp³-hybridized carbons (Fsp3) is 0.333. The molecule has 0 atom stereocenters. The molecule has 0 aliphatic heterocycles. The fourth-order valence-electron chi connectivity index (χ4n) is 2.20. The van der Waals surface area contributed by atoms with Crippen LogP contribution in [0.3, 0.4) is 0 Å². The van der Waals surface area contributed by atoms with E-state index < -0.39 is 10.0 Å². The van der Waals surface area contributed by atoms with Crippen LogP contribution in [-0.4, -0.2) is 25.4 Å². The molecule has 6 nitrogen and oxygen atoms in total. The van der Waals surface area contributed by atoms with Gasteiger partial charge in [0.15, 0.2) is 5.13 Å². The Bertz CT molecular complexity index is 718. The number of aromatic nitrogens is 2. The summed E-state index contributed by atoms with van der Waals surface area (Å²) in [5, 5.41) is 3.21. The van der Waals surface area contributed by atoms with Crippen LogP contribution in [0.2, 0.25) is 0 Å². The van der Waals surface area contributed by atoms with Crippen LogP contribution in [0.25, 0.3) is 0 Å². The van der Waals surface area contributed by atoms with Gasteiger partial charge in [0, 0.05) is 18.1 Å². The zero-order valence-corrected chi connectivity index (χ0v) is 12.5. The third-order valence-corrected chi connectivity index (χ3v) is 5.69. The molecule has 3 rings (SSSR count). The standard InChI is InChI=1S/C12H14N4O2S2/c1-13-11-10(6-3-7-14-11)20(17,18)16-12-15-8-4-2-5-9(8)19-12/h3,6-7H,2,4-5H2,1H3,(H,13,14)(H,15,16). The molecular formula is C12H14N4O2S2. The van der Waals surface area contributed by atoms with Gasteiger partial charge in [-0.2, -0.15) is 0 Å². The van der Waals surface area contributed by atoms with Gasteiger partial charge < -0.3 is 5.32 Å². The molecule has 2 aromatic heterocycles.